The first-order valence-corrected chi connectivity index (χ1v) is 6.94. The summed E-state index contributed by atoms with van der Waals surface area (Å²) in [5, 5.41) is 0. The highest BCUT2D eigenvalue weighted by Crippen LogP contribution is 2.21. The molecule has 0 atom stereocenters. The first-order chi connectivity index (χ1) is 10.8. The molecule has 0 heterocycles. The monoisotopic (exact) mass is 300 g/mol. The van der Waals surface area contributed by atoms with Gasteiger partial charge < -0.3 is 18.9 Å². The number of hydrogen-bond acceptors (Lipinski definition) is 4. The molecule has 2 aromatic carbocycles. The molecule has 0 saturated carbocycles. The van der Waals surface area contributed by atoms with Crippen LogP contribution in [-0.4, -0.2) is 27.8 Å². The van der Waals surface area contributed by atoms with E-state index in [1.807, 2.05) is 60.7 Å². The topological polar surface area (TPSA) is 36.9 Å². The van der Waals surface area contributed by atoms with E-state index < -0.39 is 0 Å². The summed E-state index contributed by atoms with van der Waals surface area (Å²) in [6.07, 6.45) is 4.03. The molecule has 0 unspecified atom stereocenters. The van der Waals surface area contributed by atoms with Gasteiger partial charge in [-0.1, -0.05) is 42.5 Å². The highest BCUT2D eigenvalue weighted by molar-refractivity contribution is 5.72. The van der Waals surface area contributed by atoms with Gasteiger partial charge in [-0.2, -0.15) is 0 Å². The standard InChI is InChI=1S/C18H20O4/c1-19-13-21-17-11-8-15(9-12-17)7-10-16-5-3-4-6-18(16)22-14-20-2/h3-12H,13-14H2,1-2H3/b10-7-. The summed E-state index contributed by atoms with van der Waals surface area (Å²) < 4.78 is 20.7. The van der Waals surface area contributed by atoms with Gasteiger partial charge in [-0.3, -0.25) is 0 Å². The predicted molar refractivity (Wildman–Crippen MR) is 86.8 cm³/mol. The Bertz CT molecular complexity index is 590. The molecule has 0 saturated heterocycles. The largest absolute Gasteiger partial charge is 0.468 e. The molecule has 0 amide bonds. The van der Waals surface area contributed by atoms with Gasteiger partial charge in [0.2, 0.25) is 0 Å². The van der Waals surface area contributed by atoms with Crippen LogP contribution in [0, 0.1) is 0 Å². The Morgan fingerprint density at radius 2 is 1.45 bits per heavy atom. The molecule has 0 N–H and O–H groups in total. The second kappa shape index (κ2) is 8.87. The van der Waals surface area contributed by atoms with Crippen molar-refractivity contribution in [3.8, 4) is 11.5 Å². The Hall–Kier alpha value is -2.30. The number of ether oxygens (including phenoxy) is 4. The maximum atomic E-state index is 5.53. The van der Waals surface area contributed by atoms with E-state index in [2.05, 4.69) is 0 Å². The summed E-state index contributed by atoms with van der Waals surface area (Å²) in [5.74, 6) is 1.57. The summed E-state index contributed by atoms with van der Waals surface area (Å²) in [7, 11) is 3.20. The van der Waals surface area contributed by atoms with Crippen molar-refractivity contribution in [3.63, 3.8) is 0 Å². The molecule has 2 aromatic rings. The van der Waals surface area contributed by atoms with Crippen molar-refractivity contribution >= 4 is 12.2 Å². The smallest absolute Gasteiger partial charge is 0.188 e. The van der Waals surface area contributed by atoms with Crippen molar-refractivity contribution in [2.45, 2.75) is 0 Å². The van der Waals surface area contributed by atoms with Gasteiger partial charge in [0, 0.05) is 19.8 Å². The fourth-order valence-corrected chi connectivity index (χ4v) is 1.86. The van der Waals surface area contributed by atoms with Crippen LogP contribution in [-0.2, 0) is 9.47 Å². The SMILES string of the molecule is COCOc1ccc(/C=C\c2ccccc2OCOC)cc1. The first kappa shape index (κ1) is 16.1. The number of hydrogen-bond donors (Lipinski definition) is 0. The van der Waals surface area contributed by atoms with Crippen molar-refractivity contribution in [2.24, 2.45) is 0 Å². The summed E-state index contributed by atoms with van der Waals surface area (Å²) in [4.78, 5) is 0. The van der Waals surface area contributed by atoms with Gasteiger partial charge in [0.05, 0.1) is 0 Å². The van der Waals surface area contributed by atoms with Crippen LogP contribution < -0.4 is 9.47 Å². The van der Waals surface area contributed by atoms with Gasteiger partial charge in [-0.05, 0) is 23.8 Å². The summed E-state index contributed by atoms with van der Waals surface area (Å²) in [6.45, 7) is 0.482. The molecule has 0 fully saturated rings. The molecule has 4 nitrogen and oxygen atoms in total. The lowest BCUT2D eigenvalue weighted by atomic mass is 10.1. The first-order valence-electron chi connectivity index (χ1n) is 6.94. The molecule has 2 rings (SSSR count). The van der Waals surface area contributed by atoms with Crippen LogP contribution in [0.4, 0.5) is 0 Å². The van der Waals surface area contributed by atoms with Crippen molar-refractivity contribution in [1.82, 2.24) is 0 Å². The molecule has 4 heteroatoms. The Morgan fingerprint density at radius 3 is 2.18 bits per heavy atom. The number of para-hydroxylation sites is 1. The van der Waals surface area contributed by atoms with Crippen LogP contribution in [0.2, 0.25) is 0 Å². The van der Waals surface area contributed by atoms with Gasteiger partial charge in [-0.15, -0.1) is 0 Å². The second-order valence-corrected chi connectivity index (χ2v) is 4.54. The van der Waals surface area contributed by atoms with E-state index in [1.54, 1.807) is 14.2 Å². The van der Waals surface area contributed by atoms with E-state index in [0.29, 0.717) is 0 Å². The molecular weight excluding hydrogens is 280 g/mol. The lowest BCUT2D eigenvalue weighted by molar-refractivity contribution is 0.0508. The van der Waals surface area contributed by atoms with Crippen molar-refractivity contribution in [3.05, 3.63) is 59.7 Å². The van der Waals surface area contributed by atoms with Gasteiger partial charge in [0.25, 0.3) is 0 Å². The van der Waals surface area contributed by atoms with Crippen LogP contribution in [0.5, 0.6) is 11.5 Å². The van der Waals surface area contributed by atoms with Crippen LogP contribution >= 0.6 is 0 Å². The number of benzene rings is 2. The molecule has 22 heavy (non-hydrogen) atoms. The molecule has 0 spiro atoms. The minimum Gasteiger partial charge on any atom is -0.468 e. The highest BCUT2D eigenvalue weighted by Gasteiger charge is 1.99. The minimum absolute atomic E-state index is 0.233. The maximum absolute atomic E-state index is 5.53. The molecular formula is C18H20O4. The molecule has 0 aliphatic heterocycles. The van der Waals surface area contributed by atoms with Gasteiger partial charge in [0.15, 0.2) is 13.6 Å². The molecule has 0 aromatic heterocycles. The van der Waals surface area contributed by atoms with Crippen molar-refractivity contribution < 1.29 is 18.9 Å². The Labute approximate surface area is 130 Å². The Morgan fingerprint density at radius 1 is 0.773 bits per heavy atom. The Balaban J connectivity index is 2.05. The second-order valence-electron chi connectivity index (χ2n) is 4.54. The summed E-state index contributed by atoms with van der Waals surface area (Å²) in [6, 6.07) is 15.6. The molecule has 0 radical (unpaired) electrons. The minimum atomic E-state index is 0.233. The average Bonchev–Trinajstić information content (AvgIpc) is 2.58. The van der Waals surface area contributed by atoms with Crippen LogP contribution in [0.15, 0.2) is 48.5 Å². The average molecular weight is 300 g/mol. The van der Waals surface area contributed by atoms with Gasteiger partial charge >= 0.3 is 0 Å². The third-order valence-electron chi connectivity index (χ3n) is 2.93. The molecule has 0 aliphatic carbocycles. The Kier molecular flexibility index (Phi) is 6.48. The normalized spacial score (nSPS) is 10.8. The third kappa shape index (κ3) is 4.91. The zero-order valence-electron chi connectivity index (χ0n) is 12.8. The zero-order valence-corrected chi connectivity index (χ0v) is 12.8. The van der Waals surface area contributed by atoms with E-state index in [1.165, 1.54) is 0 Å². The third-order valence-corrected chi connectivity index (χ3v) is 2.93. The summed E-state index contributed by atoms with van der Waals surface area (Å²) in [5.41, 5.74) is 2.07. The van der Waals surface area contributed by atoms with E-state index >= 15 is 0 Å². The quantitative estimate of drug-likeness (QED) is 0.548. The van der Waals surface area contributed by atoms with E-state index in [9.17, 15) is 0 Å². The van der Waals surface area contributed by atoms with Crippen molar-refractivity contribution in [2.75, 3.05) is 27.8 Å². The van der Waals surface area contributed by atoms with Crippen LogP contribution in [0.25, 0.3) is 12.2 Å². The molecule has 0 aliphatic rings. The fourth-order valence-electron chi connectivity index (χ4n) is 1.86. The van der Waals surface area contributed by atoms with E-state index in [4.69, 9.17) is 18.9 Å². The van der Waals surface area contributed by atoms with Gasteiger partial charge in [-0.25, -0.2) is 0 Å². The lowest BCUT2D eigenvalue weighted by Crippen LogP contribution is -1.99. The lowest BCUT2D eigenvalue weighted by Gasteiger charge is -2.07. The van der Waals surface area contributed by atoms with E-state index in [-0.39, 0.29) is 13.6 Å². The van der Waals surface area contributed by atoms with Gasteiger partial charge in [0.1, 0.15) is 11.5 Å². The maximum Gasteiger partial charge on any atom is 0.188 e. The zero-order chi connectivity index (χ0) is 15.6. The van der Waals surface area contributed by atoms with Crippen LogP contribution in [0.1, 0.15) is 11.1 Å². The van der Waals surface area contributed by atoms with E-state index in [0.717, 1.165) is 22.6 Å². The van der Waals surface area contributed by atoms with Crippen molar-refractivity contribution in [1.29, 1.82) is 0 Å². The highest BCUT2D eigenvalue weighted by atomic mass is 16.7. The fraction of sp³-hybridized carbons (Fsp3) is 0.222. The van der Waals surface area contributed by atoms with Crippen LogP contribution in [0.3, 0.4) is 0 Å². The molecule has 116 valence electrons. The number of methoxy groups -OCH3 is 2. The predicted octanol–water partition coefficient (Wildman–Crippen LogP) is 3.82. The summed E-state index contributed by atoms with van der Waals surface area (Å²) >= 11 is 0. The number of rotatable bonds is 8. The molecule has 0 bridgehead atoms.